The van der Waals surface area contributed by atoms with Crippen molar-refractivity contribution < 1.29 is 9.13 Å². The van der Waals surface area contributed by atoms with E-state index in [-0.39, 0.29) is 5.02 Å². The maximum atomic E-state index is 13.1. The SMILES string of the molecule is Cn1ccnc1COc1ccc(Cl)c(F)c1. The summed E-state index contributed by atoms with van der Waals surface area (Å²) in [7, 11) is 1.87. The third-order valence-electron chi connectivity index (χ3n) is 2.18. The van der Waals surface area contributed by atoms with E-state index >= 15 is 0 Å². The Morgan fingerprint density at radius 2 is 2.31 bits per heavy atom. The third-order valence-corrected chi connectivity index (χ3v) is 2.49. The van der Waals surface area contributed by atoms with Crippen molar-refractivity contribution in [2.75, 3.05) is 0 Å². The zero-order valence-electron chi connectivity index (χ0n) is 8.65. The lowest BCUT2D eigenvalue weighted by Crippen LogP contribution is -2.03. The molecule has 2 rings (SSSR count). The van der Waals surface area contributed by atoms with Gasteiger partial charge in [-0.25, -0.2) is 9.37 Å². The van der Waals surface area contributed by atoms with Gasteiger partial charge in [-0.2, -0.15) is 0 Å². The molecule has 0 saturated heterocycles. The van der Waals surface area contributed by atoms with Crippen LogP contribution < -0.4 is 4.74 Å². The van der Waals surface area contributed by atoms with Crippen LogP contribution in [-0.2, 0) is 13.7 Å². The highest BCUT2D eigenvalue weighted by Gasteiger charge is 2.04. The molecule has 2 aromatic rings. The minimum Gasteiger partial charge on any atom is -0.486 e. The summed E-state index contributed by atoms with van der Waals surface area (Å²) in [5, 5.41) is 0.0874. The largest absolute Gasteiger partial charge is 0.486 e. The Bertz CT molecular complexity index is 498. The molecule has 0 unspecified atom stereocenters. The minimum absolute atomic E-state index is 0.0874. The van der Waals surface area contributed by atoms with Gasteiger partial charge in [-0.15, -0.1) is 0 Å². The number of halogens is 2. The number of aromatic nitrogens is 2. The van der Waals surface area contributed by atoms with Gasteiger partial charge in [-0.1, -0.05) is 11.6 Å². The Morgan fingerprint density at radius 1 is 1.50 bits per heavy atom. The van der Waals surface area contributed by atoms with Crippen molar-refractivity contribution in [3.8, 4) is 5.75 Å². The van der Waals surface area contributed by atoms with Crippen molar-refractivity contribution in [3.63, 3.8) is 0 Å². The van der Waals surface area contributed by atoms with E-state index in [0.717, 1.165) is 5.82 Å². The monoisotopic (exact) mass is 240 g/mol. The molecule has 0 atom stereocenters. The van der Waals surface area contributed by atoms with Crippen LogP contribution in [0.15, 0.2) is 30.6 Å². The van der Waals surface area contributed by atoms with Gasteiger partial charge in [-0.3, -0.25) is 0 Å². The standard InChI is InChI=1S/C11H10ClFN2O/c1-15-5-4-14-11(15)7-16-8-2-3-9(12)10(13)6-8/h2-6H,7H2,1H3. The maximum Gasteiger partial charge on any atom is 0.146 e. The number of benzene rings is 1. The number of hydrogen-bond acceptors (Lipinski definition) is 2. The Hall–Kier alpha value is -1.55. The normalized spacial score (nSPS) is 10.4. The van der Waals surface area contributed by atoms with E-state index in [0.29, 0.717) is 12.4 Å². The van der Waals surface area contributed by atoms with E-state index < -0.39 is 5.82 Å². The molecule has 0 aliphatic carbocycles. The lowest BCUT2D eigenvalue weighted by atomic mass is 10.3. The Kier molecular flexibility index (Phi) is 3.10. The van der Waals surface area contributed by atoms with Gasteiger partial charge in [0.25, 0.3) is 0 Å². The van der Waals surface area contributed by atoms with E-state index in [1.54, 1.807) is 12.3 Å². The Labute approximate surface area is 97.4 Å². The van der Waals surface area contributed by atoms with Gasteiger partial charge in [0.1, 0.15) is 24.0 Å². The van der Waals surface area contributed by atoms with Crippen molar-refractivity contribution in [1.82, 2.24) is 9.55 Å². The van der Waals surface area contributed by atoms with Crippen LogP contribution in [0, 0.1) is 5.82 Å². The smallest absolute Gasteiger partial charge is 0.146 e. The molecule has 1 aromatic carbocycles. The fourth-order valence-electron chi connectivity index (χ4n) is 1.25. The highest BCUT2D eigenvalue weighted by atomic mass is 35.5. The molecule has 3 nitrogen and oxygen atoms in total. The predicted molar refractivity (Wildman–Crippen MR) is 59.0 cm³/mol. The summed E-state index contributed by atoms with van der Waals surface area (Å²) in [4.78, 5) is 4.09. The summed E-state index contributed by atoms with van der Waals surface area (Å²) >= 11 is 5.56. The molecule has 0 aliphatic heterocycles. The first-order valence-corrected chi connectivity index (χ1v) is 5.08. The molecule has 1 heterocycles. The van der Waals surface area contributed by atoms with Crippen molar-refractivity contribution in [1.29, 1.82) is 0 Å². The van der Waals surface area contributed by atoms with Crippen LogP contribution in [-0.4, -0.2) is 9.55 Å². The molecular formula is C11H10ClFN2O. The van der Waals surface area contributed by atoms with Crippen molar-refractivity contribution in [2.24, 2.45) is 7.05 Å². The lowest BCUT2D eigenvalue weighted by molar-refractivity contribution is 0.290. The van der Waals surface area contributed by atoms with Crippen LogP contribution in [0.3, 0.4) is 0 Å². The second-order valence-corrected chi connectivity index (χ2v) is 3.73. The zero-order valence-corrected chi connectivity index (χ0v) is 9.41. The quantitative estimate of drug-likeness (QED) is 0.825. The van der Waals surface area contributed by atoms with Crippen molar-refractivity contribution >= 4 is 11.6 Å². The fourth-order valence-corrected chi connectivity index (χ4v) is 1.37. The molecule has 84 valence electrons. The number of rotatable bonds is 3. The van der Waals surface area contributed by atoms with Gasteiger partial charge in [0.05, 0.1) is 5.02 Å². The third kappa shape index (κ3) is 2.33. The zero-order chi connectivity index (χ0) is 11.5. The molecule has 16 heavy (non-hydrogen) atoms. The van der Waals surface area contributed by atoms with Crippen LogP contribution in [0.4, 0.5) is 4.39 Å². The van der Waals surface area contributed by atoms with Gasteiger partial charge < -0.3 is 9.30 Å². The fraction of sp³-hybridized carbons (Fsp3) is 0.182. The van der Waals surface area contributed by atoms with E-state index in [9.17, 15) is 4.39 Å². The van der Waals surface area contributed by atoms with E-state index in [1.165, 1.54) is 12.1 Å². The molecule has 0 aliphatic rings. The summed E-state index contributed by atoms with van der Waals surface area (Å²) in [6, 6.07) is 4.34. The summed E-state index contributed by atoms with van der Waals surface area (Å²) in [5.74, 6) is 0.722. The predicted octanol–water partition coefficient (Wildman–Crippen LogP) is 2.79. The van der Waals surface area contributed by atoms with Crippen molar-refractivity contribution in [2.45, 2.75) is 6.61 Å². The Balaban J connectivity index is 2.05. The minimum atomic E-state index is -0.487. The first kappa shape index (κ1) is 11.0. The topological polar surface area (TPSA) is 27.1 Å². The molecule has 0 N–H and O–H groups in total. The number of imidazole rings is 1. The first-order chi connectivity index (χ1) is 7.66. The van der Waals surface area contributed by atoms with Gasteiger partial charge >= 0.3 is 0 Å². The molecule has 0 amide bonds. The molecule has 5 heteroatoms. The summed E-state index contributed by atoms with van der Waals surface area (Å²) in [5.41, 5.74) is 0. The van der Waals surface area contributed by atoms with E-state index in [1.807, 2.05) is 17.8 Å². The van der Waals surface area contributed by atoms with Crippen LogP contribution in [0.2, 0.25) is 5.02 Å². The molecule has 0 fully saturated rings. The molecule has 0 saturated carbocycles. The van der Waals surface area contributed by atoms with Crippen LogP contribution >= 0.6 is 11.6 Å². The van der Waals surface area contributed by atoms with Crippen LogP contribution in [0.5, 0.6) is 5.75 Å². The van der Waals surface area contributed by atoms with Gasteiger partial charge in [0, 0.05) is 25.5 Å². The summed E-state index contributed by atoms with van der Waals surface area (Å²) < 4.78 is 20.3. The van der Waals surface area contributed by atoms with Crippen LogP contribution in [0.25, 0.3) is 0 Å². The molecule has 0 spiro atoms. The van der Waals surface area contributed by atoms with E-state index in [4.69, 9.17) is 16.3 Å². The lowest BCUT2D eigenvalue weighted by Gasteiger charge is -2.06. The summed E-state index contributed by atoms with van der Waals surface area (Å²) in [6.45, 7) is 0.296. The Morgan fingerprint density at radius 3 is 2.94 bits per heavy atom. The maximum absolute atomic E-state index is 13.1. The van der Waals surface area contributed by atoms with Gasteiger partial charge in [0.2, 0.25) is 0 Å². The number of hydrogen-bond donors (Lipinski definition) is 0. The van der Waals surface area contributed by atoms with Gasteiger partial charge in [-0.05, 0) is 12.1 Å². The molecule has 1 aromatic heterocycles. The molecule has 0 bridgehead atoms. The summed E-state index contributed by atoms with van der Waals surface area (Å²) in [6.07, 6.45) is 3.50. The van der Waals surface area contributed by atoms with Crippen LogP contribution in [0.1, 0.15) is 5.82 Å². The van der Waals surface area contributed by atoms with Crippen molar-refractivity contribution in [3.05, 3.63) is 47.3 Å². The second-order valence-electron chi connectivity index (χ2n) is 3.32. The highest BCUT2D eigenvalue weighted by molar-refractivity contribution is 6.30. The van der Waals surface area contributed by atoms with E-state index in [2.05, 4.69) is 4.98 Å². The number of nitrogens with zero attached hydrogens (tertiary/aromatic N) is 2. The van der Waals surface area contributed by atoms with Gasteiger partial charge in [0.15, 0.2) is 0 Å². The average Bonchev–Trinajstić information content (AvgIpc) is 2.66. The second kappa shape index (κ2) is 4.53. The highest BCUT2D eigenvalue weighted by Crippen LogP contribution is 2.20. The first-order valence-electron chi connectivity index (χ1n) is 4.71. The molecule has 0 radical (unpaired) electrons. The number of aryl methyl sites for hydroxylation is 1. The average molecular weight is 241 g/mol. The molecular weight excluding hydrogens is 231 g/mol. The number of ether oxygens (including phenoxy) is 1.